The molecule has 2 aliphatic rings. The Hall–Kier alpha value is -1.55. The molecule has 1 aromatic carbocycles. The first kappa shape index (κ1) is 11.5. The van der Waals surface area contributed by atoms with Crippen molar-refractivity contribution in [2.24, 2.45) is 5.41 Å². The molecule has 0 aliphatic carbocycles. The summed E-state index contributed by atoms with van der Waals surface area (Å²) in [5.74, 6) is 1.01. The van der Waals surface area contributed by atoms with E-state index in [2.05, 4.69) is 10.6 Å². The van der Waals surface area contributed by atoms with Crippen LogP contribution in [0.2, 0.25) is 0 Å². The molecule has 0 bridgehead atoms. The zero-order valence-corrected chi connectivity index (χ0v) is 10.5. The second kappa shape index (κ2) is 4.28. The molecule has 1 amide bonds. The Bertz CT molecular complexity index is 467. The molecule has 96 valence electrons. The third kappa shape index (κ3) is 1.86. The lowest BCUT2D eigenvalue weighted by atomic mass is 9.88. The van der Waals surface area contributed by atoms with Crippen LogP contribution >= 0.6 is 0 Å². The Kier molecular flexibility index (Phi) is 2.74. The van der Waals surface area contributed by atoms with Gasteiger partial charge < -0.3 is 15.4 Å². The van der Waals surface area contributed by atoms with Crippen molar-refractivity contribution in [2.75, 3.05) is 19.7 Å². The van der Waals surface area contributed by atoms with Gasteiger partial charge >= 0.3 is 0 Å². The molecule has 1 saturated heterocycles. The molecule has 0 spiro atoms. The van der Waals surface area contributed by atoms with Crippen LogP contribution in [-0.2, 0) is 4.79 Å². The molecule has 2 unspecified atom stereocenters. The van der Waals surface area contributed by atoms with Crippen LogP contribution in [0.1, 0.15) is 24.9 Å². The molecule has 18 heavy (non-hydrogen) atoms. The topological polar surface area (TPSA) is 50.4 Å². The monoisotopic (exact) mass is 246 g/mol. The number of hydrogen-bond acceptors (Lipinski definition) is 3. The normalized spacial score (nSPS) is 29.7. The maximum absolute atomic E-state index is 12.3. The predicted octanol–water partition coefficient (Wildman–Crippen LogP) is 1.24. The number of fused-ring (bicyclic) bond motifs is 1. The number of carbonyl (C=O) groups excluding carboxylic acids is 1. The van der Waals surface area contributed by atoms with Gasteiger partial charge in [-0.1, -0.05) is 18.2 Å². The highest BCUT2D eigenvalue weighted by atomic mass is 16.5. The number of benzene rings is 1. The van der Waals surface area contributed by atoms with E-state index < -0.39 is 0 Å². The van der Waals surface area contributed by atoms with E-state index in [4.69, 9.17) is 4.74 Å². The quantitative estimate of drug-likeness (QED) is 0.825. The van der Waals surface area contributed by atoms with Crippen molar-refractivity contribution in [3.8, 4) is 5.75 Å². The lowest BCUT2D eigenvalue weighted by Crippen LogP contribution is -2.42. The fourth-order valence-electron chi connectivity index (χ4n) is 2.63. The number of nitrogens with one attached hydrogen (secondary N) is 2. The Morgan fingerprint density at radius 2 is 2.33 bits per heavy atom. The Balaban J connectivity index is 1.73. The first-order valence-corrected chi connectivity index (χ1v) is 6.42. The Morgan fingerprint density at radius 3 is 3.11 bits per heavy atom. The molecule has 2 aliphatic heterocycles. The summed E-state index contributed by atoms with van der Waals surface area (Å²) in [4.78, 5) is 12.3. The lowest BCUT2D eigenvalue weighted by Gasteiger charge is -2.23. The standard InChI is InChI=1S/C14H18N2O2/c1-14(6-7-15-9-14)13(17)16-11-8-18-12-5-3-2-4-10(11)12/h2-5,11,15H,6-9H2,1H3,(H,16,17). The highest BCUT2D eigenvalue weighted by Crippen LogP contribution is 2.33. The van der Waals surface area contributed by atoms with Crippen LogP contribution in [0.15, 0.2) is 24.3 Å². The fourth-order valence-corrected chi connectivity index (χ4v) is 2.63. The second-order valence-electron chi connectivity index (χ2n) is 5.36. The molecule has 3 rings (SSSR count). The zero-order valence-electron chi connectivity index (χ0n) is 10.5. The summed E-state index contributed by atoms with van der Waals surface area (Å²) in [5.41, 5.74) is 0.803. The van der Waals surface area contributed by atoms with E-state index in [1.54, 1.807) is 0 Å². The molecule has 0 aromatic heterocycles. The lowest BCUT2D eigenvalue weighted by molar-refractivity contribution is -0.130. The van der Waals surface area contributed by atoms with Gasteiger partial charge in [-0.15, -0.1) is 0 Å². The molecule has 4 heteroatoms. The summed E-state index contributed by atoms with van der Waals surface area (Å²) < 4.78 is 5.58. The van der Waals surface area contributed by atoms with Gasteiger partial charge in [0.2, 0.25) is 5.91 Å². The summed E-state index contributed by atoms with van der Waals surface area (Å²) >= 11 is 0. The van der Waals surface area contributed by atoms with Gasteiger partial charge in [-0.25, -0.2) is 0 Å². The van der Waals surface area contributed by atoms with Crippen molar-refractivity contribution in [2.45, 2.75) is 19.4 Å². The van der Waals surface area contributed by atoms with Gasteiger partial charge in [-0.2, -0.15) is 0 Å². The number of rotatable bonds is 2. The van der Waals surface area contributed by atoms with E-state index in [1.807, 2.05) is 31.2 Å². The summed E-state index contributed by atoms with van der Waals surface area (Å²) in [5, 5.41) is 6.36. The summed E-state index contributed by atoms with van der Waals surface area (Å²) in [6.07, 6.45) is 0.897. The van der Waals surface area contributed by atoms with Gasteiger partial charge in [0.1, 0.15) is 12.4 Å². The van der Waals surface area contributed by atoms with Gasteiger partial charge in [-0.3, -0.25) is 4.79 Å². The zero-order chi connectivity index (χ0) is 12.6. The average Bonchev–Trinajstić information content (AvgIpc) is 2.98. The minimum atomic E-state index is -0.280. The molecule has 1 fully saturated rings. The first-order valence-electron chi connectivity index (χ1n) is 6.42. The summed E-state index contributed by atoms with van der Waals surface area (Å²) in [6.45, 7) is 4.23. The highest BCUT2D eigenvalue weighted by molar-refractivity contribution is 5.83. The van der Waals surface area contributed by atoms with Crippen molar-refractivity contribution in [1.82, 2.24) is 10.6 Å². The van der Waals surface area contributed by atoms with Crippen molar-refractivity contribution >= 4 is 5.91 Å². The van der Waals surface area contributed by atoms with Crippen LogP contribution in [0.25, 0.3) is 0 Å². The van der Waals surface area contributed by atoms with Gasteiger partial charge in [-0.05, 0) is 26.0 Å². The number of hydrogen-bond donors (Lipinski definition) is 2. The minimum absolute atomic E-state index is 0.00822. The van der Waals surface area contributed by atoms with E-state index in [0.29, 0.717) is 6.61 Å². The van der Waals surface area contributed by atoms with Crippen molar-refractivity contribution in [3.05, 3.63) is 29.8 Å². The molecule has 4 nitrogen and oxygen atoms in total. The van der Waals surface area contributed by atoms with Crippen LogP contribution in [0.4, 0.5) is 0 Å². The van der Waals surface area contributed by atoms with Crippen LogP contribution in [0, 0.1) is 5.41 Å². The van der Waals surface area contributed by atoms with E-state index in [0.717, 1.165) is 30.8 Å². The second-order valence-corrected chi connectivity index (χ2v) is 5.36. The van der Waals surface area contributed by atoms with Gasteiger partial charge in [0.25, 0.3) is 0 Å². The Labute approximate surface area is 107 Å². The van der Waals surface area contributed by atoms with E-state index in [-0.39, 0.29) is 17.4 Å². The Morgan fingerprint density at radius 1 is 1.50 bits per heavy atom. The summed E-state index contributed by atoms with van der Waals surface area (Å²) in [6, 6.07) is 7.88. The largest absolute Gasteiger partial charge is 0.491 e. The molecule has 0 saturated carbocycles. The molecule has 0 radical (unpaired) electrons. The van der Waals surface area contributed by atoms with E-state index in [9.17, 15) is 4.79 Å². The van der Waals surface area contributed by atoms with Crippen LogP contribution < -0.4 is 15.4 Å². The van der Waals surface area contributed by atoms with Crippen LogP contribution in [0.3, 0.4) is 0 Å². The SMILES string of the molecule is CC1(C(=O)NC2COc3ccccc32)CCNC1. The number of amides is 1. The number of ether oxygens (including phenoxy) is 1. The third-order valence-electron chi connectivity index (χ3n) is 3.92. The maximum atomic E-state index is 12.3. The highest BCUT2D eigenvalue weighted by Gasteiger charge is 2.38. The third-order valence-corrected chi connectivity index (χ3v) is 3.92. The van der Waals surface area contributed by atoms with Crippen molar-refractivity contribution < 1.29 is 9.53 Å². The van der Waals surface area contributed by atoms with Gasteiger partial charge in [0, 0.05) is 12.1 Å². The van der Waals surface area contributed by atoms with E-state index >= 15 is 0 Å². The van der Waals surface area contributed by atoms with Crippen LogP contribution in [0.5, 0.6) is 5.75 Å². The van der Waals surface area contributed by atoms with Gasteiger partial charge in [0.15, 0.2) is 0 Å². The number of carbonyl (C=O) groups is 1. The maximum Gasteiger partial charge on any atom is 0.227 e. The summed E-state index contributed by atoms with van der Waals surface area (Å²) in [7, 11) is 0. The fraction of sp³-hybridized carbons (Fsp3) is 0.500. The average molecular weight is 246 g/mol. The van der Waals surface area contributed by atoms with Gasteiger partial charge in [0.05, 0.1) is 11.5 Å². The van der Waals surface area contributed by atoms with E-state index in [1.165, 1.54) is 0 Å². The molecule has 2 atom stereocenters. The van der Waals surface area contributed by atoms with Crippen LogP contribution in [-0.4, -0.2) is 25.6 Å². The molecular formula is C14H18N2O2. The first-order chi connectivity index (χ1) is 8.69. The molecule has 1 aromatic rings. The smallest absolute Gasteiger partial charge is 0.227 e. The van der Waals surface area contributed by atoms with Crippen molar-refractivity contribution in [3.63, 3.8) is 0 Å². The molecule has 2 N–H and O–H groups in total. The predicted molar refractivity (Wildman–Crippen MR) is 68.4 cm³/mol. The number of para-hydroxylation sites is 1. The molecule has 2 heterocycles. The van der Waals surface area contributed by atoms with Crippen molar-refractivity contribution in [1.29, 1.82) is 0 Å². The molecular weight excluding hydrogens is 228 g/mol. The minimum Gasteiger partial charge on any atom is -0.491 e.